The summed E-state index contributed by atoms with van der Waals surface area (Å²) in [6.07, 6.45) is 3.22. The Hall–Kier alpha value is -2.34. The quantitative estimate of drug-likeness (QED) is 0.797. The molecule has 0 fully saturated rings. The summed E-state index contributed by atoms with van der Waals surface area (Å²) in [4.78, 5) is 8.01. The Kier molecular flexibility index (Phi) is 5.14. The Labute approximate surface area is 117 Å². The summed E-state index contributed by atoms with van der Waals surface area (Å²) >= 11 is 0. The van der Waals surface area contributed by atoms with E-state index in [1.54, 1.807) is 13.3 Å². The number of anilines is 1. The molecule has 0 unspecified atom stereocenters. The number of nitrogens with zero attached hydrogens (tertiary/aromatic N) is 2. The van der Waals surface area contributed by atoms with Gasteiger partial charge >= 0.3 is 0 Å². The molecule has 106 valence electrons. The summed E-state index contributed by atoms with van der Waals surface area (Å²) in [6, 6.07) is 7.39. The van der Waals surface area contributed by atoms with Crippen molar-refractivity contribution in [3.63, 3.8) is 0 Å². The lowest BCUT2D eigenvalue weighted by molar-refractivity contribution is 0.196. The van der Waals surface area contributed by atoms with Crippen LogP contribution in [0, 0.1) is 0 Å². The first kappa shape index (κ1) is 14.1. The number of hydrogen-bond donors (Lipinski definition) is 2. The van der Waals surface area contributed by atoms with Crippen molar-refractivity contribution in [3.8, 4) is 11.5 Å². The molecule has 0 aliphatic carbocycles. The van der Waals surface area contributed by atoms with E-state index in [0.29, 0.717) is 18.0 Å². The van der Waals surface area contributed by atoms with E-state index < -0.39 is 0 Å². The van der Waals surface area contributed by atoms with Crippen LogP contribution in [0.25, 0.3) is 0 Å². The average molecular weight is 275 g/mol. The zero-order valence-electron chi connectivity index (χ0n) is 11.2. The highest BCUT2D eigenvalue weighted by Crippen LogP contribution is 2.30. The minimum Gasteiger partial charge on any atom is -0.493 e. The maximum Gasteiger partial charge on any atom is 0.163 e. The van der Waals surface area contributed by atoms with Crippen molar-refractivity contribution >= 4 is 5.69 Å². The summed E-state index contributed by atoms with van der Waals surface area (Å²) in [5, 5.41) is 12.1. The molecule has 0 aliphatic heterocycles. The van der Waals surface area contributed by atoms with Crippen LogP contribution in [0.5, 0.6) is 11.5 Å². The number of nitrogens with one attached hydrogen (secondary N) is 1. The largest absolute Gasteiger partial charge is 0.493 e. The smallest absolute Gasteiger partial charge is 0.163 e. The summed E-state index contributed by atoms with van der Waals surface area (Å²) in [5.41, 5.74) is 1.78. The van der Waals surface area contributed by atoms with Gasteiger partial charge in [0.2, 0.25) is 0 Å². The maximum absolute atomic E-state index is 8.82. The van der Waals surface area contributed by atoms with Gasteiger partial charge < -0.3 is 19.9 Å². The molecular formula is C14H17N3O3. The van der Waals surface area contributed by atoms with Gasteiger partial charge in [0.05, 0.1) is 26.0 Å². The van der Waals surface area contributed by atoms with Gasteiger partial charge in [0.15, 0.2) is 11.5 Å². The molecule has 0 amide bonds. The van der Waals surface area contributed by atoms with Crippen LogP contribution in [-0.4, -0.2) is 35.4 Å². The predicted octanol–water partition coefficient (Wildman–Crippen LogP) is 1.47. The molecule has 6 nitrogen and oxygen atoms in total. The van der Waals surface area contributed by atoms with Crippen LogP contribution in [0.4, 0.5) is 5.69 Å². The Morgan fingerprint density at radius 3 is 2.85 bits per heavy atom. The Bertz CT molecular complexity index is 534. The Morgan fingerprint density at radius 2 is 2.15 bits per heavy atom. The van der Waals surface area contributed by atoms with Crippen LogP contribution in [0.3, 0.4) is 0 Å². The van der Waals surface area contributed by atoms with Gasteiger partial charge in [0.25, 0.3) is 0 Å². The predicted molar refractivity (Wildman–Crippen MR) is 74.9 cm³/mol. The minimum absolute atomic E-state index is 0.0399. The van der Waals surface area contributed by atoms with Crippen molar-refractivity contribution < 1.29 is 14.6 Å². The fourth-order valence-corrected chi connectivity index (χ4v) is 1.67. The summed E-state index contributed by atoms with van der Waals surface area (Å²) in [6.45, 7) is 0.780. The van der Waals surface area contributed by atoms with E-state index in [2.05, 4.69) is 15.3 Å². The monoisotopic (exact) mass is 275 g/mol. The Morgan fingerprint density at radius 1 is 1.25 bits per heavy atom. The van der Waals surface area contributed by atoms with Crippen LogP contribution in [-0.2, 0) is 6.54 Å². The van der Waals surface area contributed by atoms with Crippen molar-refractivity contribution in [3.05, 3.63) is 42.5 Å². The molecule has 6 heteroatoms. The molecule has 0 bridgehead atoms. The zero-order valence-corrected chi connectivity index (χ0v) is 11.2. The SMILES string of the molecule is COc1ccc(NCc2ccncn2)cc1OCCO. The number of methoxy groups -OCH3 is 1. The molecule has 0 radical (unpaired) electrons. The van der Waals surface area contributed by atoms with Crippen molar-refractivity contribution in [2.45, 2.75) is 6.54 Å². The molecule has 1 aromatic heterocycles. The number of aliphatic hydroxyl groups is 1. The first-order valence-corrected chi connectivity index (χ1v) is 6.24. The van der Waals surface area contributed by atoms with E-state index in [-0.39, 0.29) is 13.2 Å². The van der Waals surface area contributed by atoms with Gasteiger partial charge in [-0.05, 0) is 18.2 Å². The van der Waals surface area contributed by atoms with Gasteiger partial charge in [-0.3, -0.25) is 0 Å². The van der Waals surface area contributed by atoms with E-state index in [4.69, 9.17) is 14.6 Å². The molecule has 20 heavy (non-hydrogen) atoms. The molecule has 0 atom stereocenters. The highest BCUT2D eigenvalue weighted by Gasteiger charge is 2.05. The van der Waals surface area contributed by atoms with Crippen LogP contribution < -0.4 is 14.8 Å². The molecule has 2 rings (SSSR count). The number of benzene rings is 1. The number of ether oxygens (including phenoxy) is 2. The first-order valence-electron chi connectivity index (χ1n) is 6.24. The normalized spacial score (nSPS) is 10.1. The van der Waals surface area contributed by atoms with Crippen LogP contribution in [0.15, 0.2) is 36.8 Å². The second-order valence-corrected chi connectivity index (χ2v) is 3.99. The third-order valence-corrected chi connectivity index (χ3v) is 2.63. The van der Waals surface area contributed by atoms with Crippen molar-refractivity contribution in [1.29, 1.82) is 0 Å². The summed E-state index contributed by atoms with van der Waals surface area (Å²) in [7, 11) is 1.58. The highest BCUT2D eigenvalue weighted by molar-refractivity contribution is 5.54. The molecular weight excluding hydrogens is 258 g/mol. The van der Waals surface area contributed by atoms with Crippen molar-refractivity contribution in [2.24, 2.45) is 0 Å². The van der Waals surface area contributed by atoms with Gasteiger partial charge in [0, 0.05) is 18.0 Å². The lowest BCUT2D eigenvalue weighted by Crippen LogP contribution is -2.05. The molecule has 2 N–H and O–H groups in total. The number of rotatable bonds is 7. The highest BCUT2D eigenvalue weighted by atomic mass is 16.5. The topological polar surface area (TPSA) is 76.5 Å². The van der Waals surface area contributed by atoms with Gasteiger partial charge in [-0.25, -0.2) is 9.97 Å². The minimum atomic E-state index is -0.0399. The average Bonchev–Trinajstić information content (AvgIpc) is 2.52. The molecule has 1 aromatic carbocycles. The summed E-state index contributed by atoms with van der Waals surface area (Å²) in [5.74, 6) is 1.22. The fourth-order valence-electron chi connectivity index (χ4n) is 1.67. The lowest BCUT2D eigenvalue weighted by Gasteiger charge is -2.12. The van der Waals surface area contributed by atoms with Crippen LogP contribution >= 0.6 is 0 Å². The van der Waals surface area contributed by atoms with Crippen LogP contribution in [0.1, 0.15) is 5.69 Å². The van der Waals surface area contributed by atoms with Gasteiger partial charge in [-0.2, -0.15) is 0 Å². The van der Waals surface area contributed by atoms with Gasteiger partial charge in [0.1, 0.15) is 12.9 Å². The van der Waals surface area contributed by atoms with Crippen molar-refractivity contribution in [2.75, 3.05) is 25.6 Å². The van der Waals surface area contributed by atoms with E-state index in [9.17, 15) is 0 Å². The molecule has 0 aliphatic rings. The van der Waals surface area contributed by atoms with E-state index >= 15 is 0 Å². The number of aromatic nitrogens is 2. The van der Waals surface area contributed by atoms with Crippen molar-refractivity contribution in [1.82, 2.24) is 9.97 Å². The fraction of sp³-hybridized carbons (Fsp3) is 0.286. The van der Waals surface area contributed by atoms with E-state index in [1.807, 2.05) is 24.3 Å². The molecule has 0 saturated carbocycles. The van der Waals surface area contributed by atoms with Crippen LogP contribution in [0.2, 0.25) is 0 Å². The lowest BCUT2D eigenvalue weighted by atomic mass is 10.2. The van der Waals surface area contributed by atoms with Gasteiger partial charge in [-0.15, -0.1) is 0 Å². The molecule has 2 aromatic rings. The third-order valence-electron chi connectivity index (χ3n) is 2.63. The zero-order chi connectivity index (χ0) is 14.2. The Balaban J connectivity index is 2.04. The maximum atomic E-state index is 8.82. The standard InChI is InChI=1S/C14H17N3O3/c1-19-13-3-2-11(8-14(13)20-7-6-18)16-9-12-4-5-15-10-17-12/h2-5,8,10,16,18H,6-7,9H2,1H3. The second kappa shape index (κ2) is 7.30. The van der Waals surface area contributed by atoms with E-state index in [1.165, 1.54) is 6.33 Å². The summed E-state index contributed by atoms with van der Waals surface area (Å²) < 4.78 is 10.6. The molecule has 0 saturated heterocycles. The first-order chi connectivity index (χ1) is 9.83. The third kappa shape index (κ3) is 3.83. The van der Waals surface area contributed by atoms with E-state index in [0.717, 1.165) is 11.4 Å². The molecule has 1 heterocycles. The van der Waals surface area contributed by atoms with Gasteiger partial charge in [-0.1, -0.05) is 0 Å². The number of aliphatic hydroxyl groups excluding tert-OH is 1. The number of hydrogen-bond acceptors (Lipinski definition) is 6. The second-order valence-electron chi connectivity index (χ2n) is 3.99. The molecule has 0 spiro atoms.